The number of aromatic amines is 1. The Bertz CT molecular complexity index is 2620. The molecule has 1 aliphatic rings. The minimum atomic E-state index is -5.79. The number of hydrogen-bond donors (Lipinski definition) is 8. The van der Waals surface area contributed by atoms with Crippen LogP contribution in [0.15, 0.2) is 53.6 Å². The number of imidazole rings is 1. The van der Waals surface area contributed by atoms with Crippen LogP contribution >= 0.6 is 23.5 Å². The van der Waals surface area contributed by atoms with E-state index in [1.54, 1.807) is 0 Å². The van der Waals surface area contributed by atoms with Crippen LogP contribution in [0.1, 0.15) is 44.8 Å². The number of carbonyl (C=O) groups excluding carboxylic acids is 1. The molecule has 0 aliphatic carbocycles. The summed E-state index contributed by atoms with van der Waals surface area (Å²) >= 11 is 0. The normalized spacial score (nSPS) is 20.6. The molecular weight excluding hydrogens is 903 g/mol. The van der Waals surface area contributed by atoms with Crippen LogP contribution in [0.3, 0.4) is 0 Å². The number of H-pyrrole nitrogens is 1. The summed E-state index contributed by atoms with van der Waals surface area (Å²) in [5.74, 6) is -0.372. The number of nitrogen functional groups attached to an aromatic ring is 1. The quantitative estimate of drug-likeness (QED) is 0.0214. The number of ether oxygens (including phenoxy) is 1. The Morgan fingerprint density at radius 3 is 2.11 bits per heavy atom. The van der Waals surface area contributed by atoms with E-state index in [4.69, 9.17) is 15.0 Å². The fourth-order valence-electron chi connectivity index (χ4n) is 7.06. The Morgan fingerprint density at radius 2 is 1.48 bits per heavy atom. The lowest BCUT2D eigenvalue weighted by Gasteiger charge is -2.20. The number of hydrogen-bond acceptors (Lipinski definition) is 17. The van der Waals surface area contributed by atoms with E-state index >= 15 is 0 Å². The van der Waals surface area contributed by atoms with Gasteiger partial charge in [-0.25, -0.2) is 18.7 Å². The molecule has 1 aliphatic heterocycles. The van der Waals surface area contributed by atoms with E-state index in [1.807, 2.05) is 28.2 Å². The van der Waals surface area contributed by atoms with Gasteiger partial charge < -0.3 is 50.5 Å². The monoisotopic (exact) mass is 956 g/mol. The second kappa shape index (κ2) is 20.4. The number of aryl methyl sites for hydroxylation is 1. The maximum atomic E-state index is 12.8. The van der Waals surface area contributed by atoms with E-state index in [0.717, 1.165) is 44.1 Å². The predicted octanol–water partition coefficient (Wildman–Crippen LogP) is 2.57. The molecule has 6 rings (SSSR count). The summed E-state index contributed by atoms with van der Waals surface area (Å²) in [7, 11) is -8.68. The third-order valence-electron chi connectivity index (χ3n) is 10.3. The number of benzene rings is 2. The number of rotatable bonds is 22. The smallest absolute Gasteiger partial charge is 0.387 e. The second-order valence-electron chi connectivity index (χ2n) is 15.5. The first-order chi connectivity index (χ1) is 30.1. The molecule has 4 heterocycles. The Kier molecular flexibility index (Phi) is 15.7. The van der Waals surface area contributed by atoms with Gasteiger partial charge in [0.2, 0.25) is 22.9 Å². The summed E-state index contributed by atoms with van der Waals surface area (Å²) in [6.45, 7) is -0.383. The number of aliphatic hydroxyl groups excluding tert-OH is 2. The van der Waals surface area contributed by atoms with Gasteiger partial charge in [-0.3, -0.25) is 28.2 Å². The lowest BCUT2D eigenvalue weighted by Crippen LogP contribution is -2.37. The van der Waals surface area contributed by atoms with Gasteiger partial charge in [-0.05, 0) is 43.2 Å². The zero-order valence-electron chi connectivity index (χ0n) is 35.4. The highest BCUT2D eigenvalue weighted by atomic mass is 31.3. The van der Waals surface area contributed by atoms with Gasteiger partial charge in [-0.2, -0.15) is 18.2 Å². The van der Waals surface area contributed by atoms with Crippen LogP contribution in [-0.2, 0) is 47.4 Å². The van der Waals surface area contributed by atoms with Crippen molar-refractivity contribution in [2.24, 2.45) is 0 Å². The number of nitrogens with two attached hydrogens (primary N) is 1. The van der Waals surface area contributed by atoms with Crippen molar-refractivity contribution >= 4 is 79.7 Å². The molecule has 350 valence electrons. The first-order valence-corrected chi connectivity index (χ1v) is 24.6. The molecule has 64 heavy (non-hydrogen) atoms. The highest BCUT2D eigenvalue weighted by molar-refractivity contribution is 7.66. The summed E-state index contributed by atoms with van der Waals surface area (Å²) in [5, 5.41) is 26.2. The SMILES string of the molecule is CN(C)c1ccc2cc3ccc(N(C)C)cc3[n+](CCCC(=O)NCCCCCCOP(=O)(O)OP(=O)(O)OP(=O)(O)OC[C@H]3O[C@@H](n4cnc5c(=O)[nH]c(N)nc54)[C@H](O)[C@@H]3O)c2c1. The van der Waals surface area contributed by atoms with Crippen molar-refractivity contribution in [3.8, 4) is 0 Å². The maximum absolute atomic E-state index is 12.8. The van der Waals surface area contributed by atoms with Crippen LogP contribution in [0, 0.1) is 0 Å². The number of phosphoric ester groups is 2. The Balaban J connectivity index is 0.884. The number of amides is 1. The number of unbranched alkanes of at least 4 members (excludes halogenated alkanes) is 3. The highest BCUT2D eigenvalue weighted by Gasteiger charge is 2.47. The number of anilines is 3. The van der Waals surface area contributed by atoms with Crippen molar-refractivity contribution in [2.45, 2.75) is 69.6 Å². The van der Waals surface area contributed by atoms with Gasteiger partial charge in [0.25, 0.3) is 5.56 Å². The lowest BCUT2D eigenvalue weighted by molar-refractivity contribution is -0.645. The molecule has 1 fully saturated rings. The summed E-state index contributed by atoms with van der Waals surface area (Å²) < 4.78 is 63.7. The summed E-state index contributed by atoms with van der Waals surface area (Å²) in [6.07, 6.45) is -2.56. The average molecular weight is 957 g/mol. The number of aliphatic hydroxyl groups is 2. The van der Waals surface area contributed by atoms with Gasteiger partial charge in [0, 0.05) is 81.9 Å². The molecule has 3 unspecified atom stereocenters. The first-order valence-electron chi connectivity index (χ1n) is 20.1. The second-order valence-corrected chi connectivity index (χ2v) is 20.1. The molecule has 0 spiro atoms. The highest BCUT2D eigenvalue weighted by Crippen LogP contribution is 2.67. The van der Waals surface area contributed by atoms with Crippen molar-refractivity contribution in [1.29, 1.82) is 0 Å². The molecule has 2 aromatic carbocycles. The molecule has 1 amide bonds. The Labute approximate surface area is 366 Å². The number of aromatic nitrogens is 5. The van der Waals surface area contributed by atoms with Crippen LogP contribution in [-0.4, -0.2) is 117 Å². The minimum absolute atomic E-state index is 0.0940. The molecule has 7 atom stereocenters. The van der Waals surface area contributed by atoms with E-state index < -0.39 is 66.8 Å². The topological polar surface area (TPSA) is 328 Å². The molecule has 0 bridgehead atoms. The number of phosphoric acid groups is 3. The van der Waals surface area contributed by atoms with E-state index in [0.29, 0.717) is 45.2 Å². The minimum Gasteiger partial charge on any atom is -0.387 e. The molecule has 9 N–H and O–H groups in total. The summed E-state index contributed by atoms with van der Waals surface area (Å²) in [6, 6.07) is 14.9. The average Bonchev–Trinajstić information content (AvgIpc) is 3.75. The van der Waals surface area contributed by atoms with Crippen LogP contribution in [0.4, 0.5) is 17.3 Å². The van der Waals surface area contributed by atoms with Gasteiger partial charge in [-0.15, -0.1) is 0 Å². The number of pyridine rings is 1. The maximum Gasteiger partial charge on any atom is 0.490 e. The number of carbonyl (C=O) groups is 1. The molecule has 5 aromatic rings. The molecule has 24 nitrogen and oxygen atoms in total. The molecular formula is C37H53N9O15P3+. The van der Waals surface area contributed by atoms with Crippen LogP contribution in [0.2, 0.25) is 0 Å². The number of nitrogens with one attached hydrogen (secondary N) is 2. The third-order valence-corrected chi connectivity index (χ3v) is 14.5. The zero-order chi connectivity index (χ0) is 46.6. The van der Waals surface area contributed by atoms with E-state index in [9.17, 15) is 48.2 Å². The van der Waals surface area contributed by atoms with Crippen molar-refractivity contribution in [3.63, 3.8) is 0 Å². The van der Waals surface area contributed by atoms with Crippen molar-refractivity contribution in [3.05, 3.63) is 59.1 Å². The lowest BCUT2D eigenvalue weighted by atomic mass is 10.1. The fraction of sp³-hybridized carbons (Fsp3) is 0.486. The van der Waals surface area contributed by atoms with E-state index in [-0.39, 0.29) is 29.4 Å². The van der Waals surface area contributed by atoms with E-state index in [1.165, 1.54) is 0 Å². The molecule has 1 saturated heterocycles. The largest absolute Gasteiger partial charge is 0.490 e. The standard InChI is InChI=1S/C37H52N9O15P3/c1-43(2)25-13-11-23-18-24-12-14-26(44(3)4)20-28(24)45(27(23)19-25)16-9-10-30(47)39-15-7-5-6-8-17-57-62(51,52)60-64(55,56)61-63(53,54)58-21-29-32(48)33(49)36(59-29)46-22-40-31-34(46)41-37(38)42-35(31)50/h11-14,18-20,22,29,32-33,36,48-49H,5-10,15-17,21H2,1-4H3,(H6-,38,39,41,42,47,50,51,52,53,54,55,56)/p+1/t29-,32-,33-,36-/m1/s1. The van der Waals surface area contributed by atoms with Gasteiger partial charge in [0.1, 0.15) is 24.9 Å². The molecule has 27 heteroatoms. The Hall–Kier alpha value is -4.38. The van der Waals surface area contributed by atoms with Crippen molar-refractivity contribution in [2.75, 3.05) is 63.5 Å². The van der Waals surface area contributed by atoms with Crippen LogP contribution < -0.4 is 31.0 Å². The van der Waals surface area contributed by atoms with Crippen molar-refractivity contribution < 1.29 is 70.4 Å². The van der Waals surface area contributed by atoms with Gasteiger partial charge in [0.05, 0.1) is 19.5 Å². The van der Waals surface area contributed by atoms with Crippen LogP contribution in [0.5, 0.6) is 0 Å². The van der Waals surface area contributed by atoms with Gasteiger partial charge >= 0.3 is 23.5 Å². The summed E-state index contributed by atoms with van der Waals surface area (Å²) in [5.41, 5.74) is 8.88. The Morgan fingerprint density at radius 1 is 0.875 bits per heavy atom. The number of fused-ring (bicyclic) bond motifs is 3. The molecule has 0 radical (unpaired) electrons. The zero-order valence-corrected chi connectivity index (χ0v) is 38.1. The molecule has 0 saturated carbocycles. The first kappa shape index (κ1) is 49.1. The van der Waals surface area contributed by atoms with Crippen LogP contribution in [0.25, 0.3) is 33.0 Å². The third kappa shape index (κ3) is 12.3. The number of nitrogens with zero attached hydrogens (tertiary/aromatic N) is 6. The van der Waals surface area contributed by atoms with Gasteiger partial charge in [0.15, 0.2) is 17.4 Å². The fourth-order valence-corrected chi connectivity index (χ4v) is 10.6. The van der Waals surface area contributed by atoms with Gasteiger partial charge in [-0.1, -0.05) is 12.8 Å². The van der Waals surface area contributed by atoms with E-state index in [2.05, 4.69) is 90.2 Å². The predicted molar refractivity (Wildman–Crippen MR) is 233 cm³/mol. The molecule has 3 aromatic heterocycles. The summed E-state index contributed by atoms with van der Waals surface area (Å²) in [4.78, 5) is 69.0. The van der Waals surface area contributed by atoms with Crippen molar-refractivity contribution in [1.82, 2.24) is 24.8 Å².